The summed E-state index contributed by atoms with van der Waals surface area (Å²) in [4.78, 5) is 24.8. The van der Waals surface area contributed by atoms with Crippen molar-refractivity contribution in [2.75, 3.05) is 17.2 Å². The second-order valence-corrected chi connectivity index (χ2v) is 9.35. The lowest BCUT2D eigenvalue weighted by atomic mass is 10.2. The summed E-state index contributed by atoms with van der Waals surface area (Å²) in [6.45, 7) is 3.42. The van der Waals surface area contributed by atoms with E-state index >= 15 is 0 Å². The summed E-state index contributed by atoms with van der Waals surface area (Å²) in [5, 5.41) is 0.742. The van der Waals surface area contributed by atoms with E-state index in [4.69, 9.17) is 4.98 Å². The number of fused-ring (bicyclic) bond motifs is 1. The maximum absolute atomic E-state index is 13.1. The molecule has 168 valence electrons. The molecule has 2 heterocycles. The molecule has 0 saturated carbocycles. The van der Waals surface area contributed by atoms with E-state index in [2.05, 4.69) is 4.98 Å². The Balaban J connectivity index is 0.00000289. The summed E-state index contributed by atoms with van der Waals surface area (Å²) < 4.78 is 16.2. The first kappa shape index (κ1) is 24.2. The van der Waals surface area contributed by atoms with E-state index in [1.165, 1.54) is 12.1 Å². The van der Waals surface area contributed by atoms with Crippen LogP contribution in [0.25, 0.3) is 10.2 Å². The molecule has 0 aliphatic rings. The van der Waals surface area contributed by atoms with Crippen molar-refractivity contribution in [1.82, 2.24) is 14.5 Å². The van der Waals surface area contributed by atoms with Crippen molar-refractivity contribution in [2.45, 2.75) is 31.2 Å². The van der Waals surface area contributed by atoms with Crippen LogP contribution in [0.4, 0.5) is 9.52 Å². The van der Waals surface area contributed by atoms with Gasteiger partial charge in [-0.15, -0.1) is 24.2 Å². The number of halogens is 2. The van der Waals surface area contributed by atoms with Crippen molar-refractivity contribution < 1.29 is 9.18 Å². The van der Waals surface area contributed by atoms with Crippen LogP contribution < -0.4 is 4.90 Å². The van der Waals surface area contributed by atoms with Crippen molar-refractivity contribution in [3.8, 4) is 0 Å². The minimum atomic E-state index is -0.254. The van der Waals surface area contributed by atoms with Crippen LogP contribution in [-0.2, 0) is 11.3 Å². The van der Waals surface area contributed by atoms with E-state index in [1.54, 1.807) is 47.8 Å². The number of aromatic nitrogens is 3. The van der Waals surface area contributed by atoms with Crippen LogP contribution in [0.1, 0.15) is 18.4 Å². The molecule has 0 fully saturated rings. The van der Waals surface area contributed by atoms with Crippen LogP contribution in [0.5, 0.6) is 0 Å². The smallest absolute Gasteiger partial charge is 0.229 e. The third kappa shape index (κ3) is 6.09. The van der Waals surface area contributed by atoms with Gasteiger partial charge >= 0.3 is 0 Å². The molecule has 0 atom stereocenters. The summed E-state index contributed by atoms with van der Waals surface area (Å²) in [5.74, 6) is 0.430. The average Bonchev–Trinajstić information content (AvgIpc) is 3.43. The Hall–Kier alpha value is -2.42. The third-order valence-electron chi connectivity index (χ3n) is 4.90. The molecular formula is C23H24ClFN4OS2. The van der Waals surface area contributed by atoms with E-state index < -0.39 is 0 Å². The summed E-state index contributed by atoms with van der Waals surface area (Å²) in [7, 11) is 0. The highest BCUT2D eigenvalue weighted by atomic mass is 35.5. The highest BCUT2D eigenvalue weighted by molar-refractivity contribution is 7.99. The maximum atomic E-state index is 13.1. The maximum Gasteiger partial charge on any atom is 0.229 e. The molecule has 1 amide bonds. The van der Waals surface area contributed by atoms with Crippen molar-refractivity contribution in [1.29, 1.82) is 0 Å². The van der Waals surface area contributed by atoms with Crippen molar-refractivity contribution in [3.63, 3.8) is 0 Å². The number of rotatable bonds is 9. The monoisotopic (exact) mass is 490 g/mol. The molecule has 0 radical (unpaired) electrons. The largest absolute Gasteiger partial charge is 0.337 e. The summed E-state index contributed by atoms with van der Waals surface area (Å²) in [5.41, 5.74) is 2.06. The Morgan fingerprint density at radius 1 is 1.22 bits per heavy atom. The number of para-hydroxylation sites is 1. The fraction of sp³-hybridized carbons (Fsp3) is 0.261. The van der Waals surface area contributed by atoms with Crippen LogP contribution in [-0.4, -0.2) is 32.7 Å². The van der Waals surface area contributed by atoms with Crippen molar-refractivity contribution in [2.24, 2.45) is 0 Å². The number of hydrogen-bond acceptors (Lipinski definition) is 5. The Morgan fingerprint density at radius 2 is 2.03 bits per heavy atom. The molecule has 2 aromatic carbocycles. The number of aryl methyl sites for hydroxylation is 2. The SMILES string of the molecule is Cc1cccc2sc(N(CCCn3ccnc3)C(=O)CCSc3ccc(F)cc3)nc12.Cl. The fourth-order valence-electron chi connectivity index (χ4n) is 3.27. The Morgan fingerprint density at radius 3 is 2.75 bits per heavy atom. The highest BCUT2D eigenvalue weighted by Crippen LogP contribution is 2.31. The van der Waals surface area contributed by atoms with Crippen LogP contribution in [0.15, 0.2) is 66.1 Å². The second kappa shape index (κ2) is 11.4. The zero-order valence-corrected chi connectivity index (χ0v) is 20.1. The Labute approximate surface area is 201 Å². The van der Waals surface area contributed by atoms with Gasteiger partial charge < -0.3 is 4.57 Å². The second-order valence-electron chi connectivity index (χ2n) is 7.17. The van der Waals surface area contributed by atoms with Gasteiger partial charge in [-0.2, -0.15) is 0 Å². The van der Waals surface area contributed by atoms with Gasteiger partial charge in [-0.05, 0) is 49.2 Å². The molecule has 0 spiro atoms. The predicted molar refractivity (Wildman–Crippen MR) is 133 cm³/mol. The quantitative estimate of drug-likeness (QED) is 0.271. The molecule has 2 aromatic heterocycles. The number of thiazole rings is 1. The van der Waals surface area contributed by atoms with E-state index in [0.29, 0.717) is 18.7 Å². The number of nitrogens with zero attached hydrogens (tertiary/aromatic N) is 4. The first-order valence-electron chi connectivity index (χ1n) is 10.1. The molecule has 0 saturated heterocycles. The normalized spacial score (nSPS) is 10.8. The van der Waals surface area contributed by atoms with E-state index in [-0.39, 0.29) is 24.1 Å². The number of hydrogen-bond donors (Lipinski definition) is 0. The molecule has 0 aliphatic heterocycles. The Kier molecular flexibility index (Phi) is 8.67. The lowest BCUT2D eigenvalue weighted by Crippen LogP contribution is -2.32. The van der Waals surface area contributed by atoms with Crippen LogP contribution >= 0.6 is 35.5 Å². The molecular weight excluding hydrogens is 467 g/mol. The average molecular weight is 491 g/mol. The lowest BCUT2D eigenvalue weighted by Gasteiger charge is -2.20. The molecule has 9 heteroatoms. The number of thioether (sulfide) groups is 1. The highest BCUT2D eigenvalue weighted by Gasteiger charge is 2.20. The number of benzene rings is 2. The Bertz CT molecular complexity index is 1150. The predicted octanol–water partition coefficient (Wildman–Crippen LogP) is 5.97. The van der Waals surface area contributed by atoms with Gasteiger partial charge in [-0.1, -0.05) is 23.5 Å². The zero-order valence-electron chi connectivity index (χ0n) is 17.6. The molecule has 0 bridgehead atoms. The minimum Gasteiger partial charge on any atom is -0.337 e. The van der Waals surface area contributed by atoms with Gasteiger partial charge in [0, 0.05) is 42.6 Å². The molecule has 5 nitrogen and oxygen atoms in total. The molecule has 4 aromatic rings. The van der Waals surface area contributed by atoms with E-state index in [9.17, 15) is 9.18 Å². The van der Waals surface area contributed by atoms with Crippen LogP contribution in [0, 0.1) is 12.7 Å². The topological polar surface area (TPSA) is 51.0 Å². The van der Waals surface area contributed by atoms with Gasteiger partial charge in [0.15, 0.2) is 5.13 Å². The van der Waals surface area contributed by atoms with Crippen molar-refractivity contribution >= 4 is 56.8 Å². The first-order valence-corrected chi connectivity index (χ1v) is 11.9. The summed E-state index contributed by atoms with van der Waals surface area (Å²) in [6, 6.07) is 12.5. The van der Waals surface area contributed by atoms with E-state index in [1.807, 2.05) is 40.8 Å². The molecule has 0 aliphatic carbocycles. The van der Waals surface area contributed by atoms with Crippen LogP contribution in [0.3, 0.4) is 0 Å². The van der Waals surface area contributed by atoms with Crippen molar-refractivity contribution in [3.05, 3.63) is 72.6 Å². The zero-order chi connectivity index (χ0) is 21.6. The molecule has 0 unspecified atom stereocenters. The minimum absolute atomic E-state index is 0. The third-order valence-corrected chi connectivity index (χ3v) is 6.95. The number of imidazole rings is 1. The van der Waals surface area contributed by atoms with Gasteiger partial charge in [-0.3, -0.25) is 9.69 Å². The van der Waals surface area contributed by atoms with Gasteiger partial charge in [0.05, 0.1) is 16.5 Å². The van der Waals surface area contributed by atoms with Crippen LogP contribution in [0.2, 0.25) is 0 Å². The molecule has 0 N–H and O–H groups in total. The number of amides is 1. The standard InChI is InChI=1S/C23H23FN4OS2.ClH/c1-17-4-2-5-20-22(17)26-23(31-20)28(13-3-12-27-14-11-25-16-27)21(29)10-15-30-19-8-6-18(24)7-9-19;/h2,4-9,11,14,16H,3,10,12-13,15H2,1H3;1H. The first-order chi connectivity index (χ1) is 15.1. The van der Waals surface area contributed by atoms with E-state index in [0.717, 1.165) is 38.8 Å². The number of carbonyl (C=O) groups excluding carboxylic acids is 1. The summed E-state index contributed by atoms with van der Waals surface area (Å²) >= 11 is 3.11. The fourth-order valence-corrected chi connectivity index (χ4v) is 5.20. The van der Waals surface area contributed by atoms with Gasteiger partial charge in [0.1, 0.15) is 5.82 Å². The lowest BCUT2D eigenvalue weighted by molar-refractivity contribution is -0.118. The molecule has 32 heavy (non-hydrogen) atoms. The van der Waals surface area contributed by atoms with Gasteiger partial charge in [-0.25, -0.2) is 14.4 Å². The molecule has 4 rings (SSSR count). The number of carbonyl (C=O) groups is 1. The van der Waals surface area contributed by atoms with Gasteiger partial charge in [0.2, 0.25) is 5.91 Å². The van der Waals surface area contributed by atoms with Gasteiger partial charge in [0.25, 0.3) is 0 Å². The number of anilines is 1. The summed E-state index contributed by atoms with van der Waals surface area (Å²) in [6.07, 6.45) is 6.66.